The largest absolute Gasteiger partial charge is 0.489 e. The smallest absolute Gasteiger partial charge is 0.240 e. The average Bonchev–Trinajstić information content (AvgIpc) is 2.66. The third kappa shape index (κ3) is 5.25. The molecule has 1 N–H and O–H groups in total. The van der Waals surface area contributed by atoms with E-state index in [-0.39, 0.29) is 12.5 Å². The fraction of sp³-hybridized carbons (Fsp3) is 0.400. The van der Waals surface area contributed by atoms with Crippen LogP contribution >= 0.6 is 0 Å². The molecule has 0 aliphatic carbocycles. The zero-order valence-electron chi connectivity index (χ0n) is 14.2. The van der Waals surface area contributed by atoms with Crippen LogP contribution in [-0.2, 0) is 6.61 Å². The van der Waals surface area contributed by atoms with Crippen LogP contribution in [0.4, 0.5) is 8.78 Å². The molecular formula is C20H24F2N2O. The van der Waals surface area contributed by atoms with Gasteiger partial charge in [0, 0.05) is 38.6 Å². The molecule has 0 amide bonds. The van der Waals surface area contributed by atoms with Crippen LogP contribution in [0.2, 0.25) is 0 Å². The van der Waals surface area contributed by atoms with Crippen LogP contribution < -0.4 is 10.1 Å². The monoisotopic (exact) mass is 346 g/mol. The molecule has 1 aliphatic rings. The topological polar surface area (TPSA) is 24.5 Å². The van der Waals surface area contributed by atoms with Crippen molar-refractivity contribution in [3.05, 3.63) is 65.7 Å². The summed E-state index contributed by atoms with van der Waals surface area (Å²) in [5.74, 6) is 0.753. The Balaban J connectivity index is 1.65. The van der Waals surface area contributed by atoms with E-state index < -0.39 is 6.43 Å². The molecule has 0 saturated carbocycles. The maximum absolute atomic E-state index is 13.0. The van der Waals surface area contributed by atoms with Gasteiger partial charge in [0.1, 0.15) is 12.4 Å². The number of halogens is 2. The summed E-state index contributed by atoms with van der Waals surface area (Å²) in [6, 6.07) is 17.3. The molecule has 1 heterocycles. The summed E-state index contributed by atoms with van der Waals surface area (Å²) in [4.78, 5) is 2.14. The van der Waals surface area contributed by atoms with Gasteiger partial charge in [-0.1, -0.05) is 42.5 Å². The van der Waals surface area contributed by atoms with E-state index in [4.69, 9.17) is 4.74 Å². The SMILES string of the molecule is FC(F)C[C@H](c1ccc(OCc2ccccc2)cc1)N1CCNCC1. The number of nitrogens with zero attached hydrogens (tertiary/aromatic N) is 1. The Kier molecular flexibility index (Phi) is 6.36. The molecular weight excluding hydrogens is 322 g/mol. The van der Waals surface area contributed by atoms with Crippen LogP contribution in [0.5, 0.6) is 5.75 Å². The molecule has 1 aliphatic heterocycles. The Morgan fingerprint density at radius 3 is 2.28 bits per heavy atom. The van der Waals surface area contributed by atoms with Crippen molar-refractivity contribution in [3.63, 3.8) is 0 Å². The van der Waals surface area contributed by atoms with Gasteiger partial charge in [0.25, 0.3) is 0 Å². The zero-order valence-corrected chi connectivity index (χ0v) is 14.2. The second kappa shape index (κ2) is 8.92. The number of alkyl halides is 2. The van der Waals surface area contributed by atoms with Crippen molar-refractivity contribution in [2.24, 2.45) is 0 Å². The number of hydrogen-bond acceptors (Lipinski definition) is 3. The zero-order chi connectivity index (χ0) is 17.5. The van der Waals surface area contributed by atoms with Crippen molar-refractivity contribution in [1.29, 1.82) is 0 Å². The van der Waals surface area contributed by atoms with Crippen molar-refractivity contribution in [2.75, 3.05) is 26.2 Å². The summed E-state index contributed by atoms with van der Waals surface area (Å²) in [5, 5.41) is 3.27. The molecule has 1 fully saturated rings. The van der Waals surface area contributed by atoms with E-state index in [9.17, 15) is 8.78 Å². The van der Waals surface area contributed by atoms with Gasteiger partial charge in [0.05, 0.1) is 0 Å². The molecule has 0 radical (unpaired) electrons. The van der Waals surface area contributed by atoms with E-state index in [1.54, 1.807) is 0 Å². The van der Waals surface area contributed by atoms with Gasteiger partial charge in [-0.2, -0.15) is 0 Å². The molecule has 2 aromatic rings. The van der Waals surface area contributed by atoms with E-state index in [0.717, 1.165) is 43.1 Å². The van der Waals surface area contributed by atoms with Crippen molar-refractivity contribution in [1.82, 2.24) is 10.2 Å². The van der Waals surface area contributed by atoms with E-state index >= 15 is 0 Å². The maximum Gasteiger partial charge on any atom is 0.240 e. The van der Waals surface area contributed by atoms with Gasteiger partial charge in [-0.3, -0.25) is 4.90 Å². The predicted octanol–water partition coefficient (Wildman–Crippen LogP) is 3.87. The van der Waals surface area contributed by atoms with Gasteiger partial charge in [0.2, 0.25) is 6.43 Å². The minimum absolute atomic E-state index is 0.135. The van der Waals surface area contributed by atoms with Gasteiger partial charge in [-0.15, -0.1) is 0 Å². The van der Waals surface area contributed by atoms with Crippen molar-refractivity contribution >= 4 is 0 Å². The van der Waals surface area contributed by atoms with E-state index in [1.807, 2.05) is 54.6 Å². The van der Waals surface area contributed by atoms with Gasteiger partial charge >= 0.3 is 0 Å². The van der Waals surface area contributed by atoms with Crippen LogP contribution in [0.1, 0.15) is 23.6 Å². The molecule has 1 atom stereocenters. The summed E-state index contributed by atoms with van der Waals surface area (Å²) in [6.07, 6.45) is -2.45. The highest BCUT2D eigenvalue weighted by Gasteiger charge is 2.25. The van der Waals surface area contributed by atoms with Crippen molar-refractivity contribution in [2.45, 2.75) is 25.5 Å². The lowest BCUT2D eigenvalue weighted by molar-refractivity contribution is 0.0739. The number of hydrogen-bond donors (Lipinski definition) is 1. The summed E-state index contributed by atoms with van der Waals surface area (Å²) in [7, 11) is 0. The number of rotatable bonds is 7. The molecule has 134 valence electrons. The summed E-state index contributed by atoms with van der Waals surface area (Å²) in [5.41, 5.74) is 2.03. The minimum atomic E-state index is -2.31. The van der Waals surface area contributed by atoms with Crippen LogP contribution in [0.25, 0.3) is 0 Å². The van der Waals surface area contributed by atoms with Crippen LogP contribution in [0, 0.1) is 0 Å². The summed E-state index contributed by atoms with van der Waals surface area (Å²) >= 11 is 0. The fourth-order valence-electron chi connectivity index (χ4n) is 3.19. The lowest BCUT2D eigenvalue weighted by Crippen LogP contribution is -2.45. The molecule has 25 heavy (non-hydrogen) atoms. The highest BCUT2D eigenvalue weighted by Crippen LogP contribution is 2.29. The van der Waals surface area contributed by atoms with Crippen molar-refractivity contribution in [3.8, 4) is 5.75 Å². The Hall–Kier alpha value is -1.98. The van der Waals surface area contributed by atoms with Gasteiger partial charge in [-0.25, -0.2) is 8.78 Å². The fourth-order valence-corrected chi connectivity index (χ4v) is 3.19. The molecule has 5 heteroatoms. The molecule has 0 aromatic heterocycles. The van der Waals surface area contributed by atoms with E-state index in [1.165, 1.54) is 0 Å². The van der Waals surface area contributed by atoms with Crippen LogP contribution in [0.15, 0.2) is 54.6 Å². The number of benzene rings is 2. The second-order valence-electron chi connectivity index (χ2n) is 6.27. The lowest BCUT2D eigenvalue weighted by Gasteiger charge is -2.35. The van der Waals surface area contributed by atoms with Crippen LogP contribution in [-0.4, -0.2) is 37.5 Å². The predicted molar refractivity (Wildman–Crippen MR) is 95.0 cm³/mol. The van der Waals surface area contributed by atoms with Gasteiger partial charge < -0.3 is 10.1 Å². The molecule has 3 rings (SSSR count). The highest BCUT2D eigenvalue weighted by molar-refractivity contribution is 5.30. The lowest BCUT2D eigenvalue weighted by atomic mass is 10.0. The molecule has 2 aromatic carbocycles. The Labute approximate surface area is 147 Å². The first kappa shape index (κ1) is 17.8. The first-order chi connectivity index (χ1) is 12.2. The molecule has 0 bridgehead atoms. The Bertz CT molecular complexity index is 628. The van der Waals surface area contributed by atoms with Crippen molar-refractivity contribution < 1.29 is 13.5 Å². The Morgan fingerprint density at radius 2 is 1.64 bits per heavy atom. The molecule has 0 unspecified atom stereocenters. The summed E-state index contributed by atoms with van der Waals surface area (Å²) < 4.78 is 31.9. The third-order valence-corrected chi connectivity index (χ3v) is 4.51. The van der Waals surface area contributed by atoms with Crippen LogP contribution in [0.3, 0.4) is 0 Å². The molecule has 0 spiro atoms. The first-order valence-electron chi connectivity index (χ1n) is 8.72. The number of nitrogens with one attached hydrogen (secondary N) is 1. The Morgan fingerprint density at radius 1 is 0.960 bits per heavy atom. The highest BCUT2D eigenvalue weighted by atomic mass is 19.3. The molecule has 1 saturated heterocycles. The number of ether oxygens (including phenoxy) is 1. The normalized spacial score (nSPS) is 16.8. The average molecular weight is 346 g/mol. The number of piperazine rings is 1. The van der Waals surface area contributed by atoms with Gasteiger partial charge in [-0.05, 0) is 23.3 Å². The third-order valence-electron chi connectivity index (χ3n) is 4.51. The van der Waals surface area contributed by atoms with E-state index in [0.29, 0.717) is 6.61 Å². The first-order valence-corrected chi connectivity index (χ1v) is 8.72. The maximum atomic E-state index is 13.0. The molecule has 3 nitrogen and oxygen atoms in total. The second-order valence-corrected chi connectivity index (χ2v) is 6.27. The standard InChI is InChI=1S/C20H24F2N2O/c21-20(22)14-19(24-12-10-23-11-13-24)17-6-8-18(9-7-17)25-15-16-4-2-1-3-5-16/h1-9,19-20,23H,10-15H2/t19-/m1/s1. The minimum Gasteiger partial charge on any atom is -0.489 e. The summed E-state index contributed by atoms with van der Waals surface area (Å²) in [6.45, 7) is 3.78. The van der Waals surface area contributed by atoms with E-state index in [2.05, 4.69) is 10.2 Å². The van der Waals surface area contributed by atoms with Gasteiger partial charge in [0.15, 0.2) is 0 Å². The quantitative estimate of drug-likeness (QED) is 0.824.